The van der Waals surface area contributed by atoms with Crippen LogP contribution in [-0.2, 0) is 24.9 Å². The second-order valence-corrected chi connectivity index (χ2v) is 7.93. The molecule has 0 radical (unpaired) electrons. The lowest BCUT2D eigenvalue weighted by atomic mass is 10.1. The molecule has 3 heterocycles. The minimum atomic E-state index is -0.410. The van der Waals surface area contributed by atoms with Crippen molar-refractivity contribution in [3.8, 4) is 5.75 Å². The van der Waals surface area contributed by atoms with Crippen LogP contribution in [0.1, 0.15) is 6.92 Å². The molecule has 0 fully saturated rings. The van der Waals surface area contributed by atoms with Gasteiger partial charge in [0.25, 0.3) is 5.56 Å². The Hall–Kier alpha value is -2.78. The summed E-state index contributed by atoms with van der Waals surface area (Å²) < 4.78 is 14.8. The van der Waals surface area contributed by atoms with E-state index in [1.54, 1.807) is 20.2 Å². The van der Waals surface area contributed by atoms with Crippen LogP contribution >= 0.6 is 11.6 Å². The van der Waals surface area contributed by atoms with Crippen LogP contribution < -0.4 is 20.9 Å². The Morgan fingerprint density at radius 1 is 1.23 bits per heavy atom. The Morgan fingerprint density at radius 2 is 2.00 bits per heavy atom. The third kappa shape index (κ3) is 3.18. The van der Waals surface area contributed by atoms with E-state index in [2.05, 4.69) is 6.92 Å². The van der Waals surface area contributed by atoms with Gasteiger partial charge in [-0.3, -0.25) is 13.9 Å². The van der Waals surface area contributed by atoms with Gasteiger partial charge in [-0.15, -0.1) is 0 Å². The quantitative estimate of drug-likeness (QED) is 0.612. The maximum Gasteiger partial charge on any atom is 0.332 e. The first-order chi connectivity index (χ1) is 14.4. The fourth-order valence-corrected chi connectivity index (χ4v) is 4.18. The number of methoxy groups -OCH3 is 2. The fourth-order valence-electron chi connectivity index (χ4n) is 3.93. The number of rotatable bonds is 5. The standard InChI is InChI=1S/C20H24ClN5O4/c1-12-10-25(13-5-6-15(30-4)14(21)9-13)19-22-17-16(26(19)11-12)18(27)24(7-8-29-3)20(28)23(17)2/h5-6,9,12H,7-8,10-11H2,1-4H3/t12-/m0/s1. The van der Waals surface area contributed by atoms with Gasteiger partial charge in [0.15, 0.2) is 11.2 Å². The first-order valence-corrected chi connectivity index (χ1v) is 10.0. The molecule has 1 aliphatic rings. The molecule has 0 saturated heterocycles. The van der Waals surface area contributed by atoms with Crippen LogP contribution in [0.2, 0.25) is 5.02 Å². The van der Waals surface area contributed by atoms with Crippen LogP contribution in [0.3, 0.4) is 0 Å². The van der Waals surface area contributed by atoms with Crippen molar-refractivity contribution in [2.45, 2.75) is 20.0 Å². The molecule has 30 heavy (non-hydrogen) atoms. The molecular formula is C20H24ClN5O4. The first kappa shape index (κ1) is 20.5. The summed E-state index contributed by atoms with van der Waals surface area (Å²) in [4.78, 5) is 32.6. The fraction of sp³-hybridized carbons (Fsp3) is 0.450. The number of ether oxygens (including phenoxy) is 2. The number of anilines is 2. The van der Waals surface area contributed by atoms with Crippen molar-refractivity contribution < 1.29 is 9.47 Å². The number of aromatic nitrogens is 4. The zero-order valence-electron chi connectivity index (χ0n) is 17.4. The van der Waals surface area contributed by atoms with E-state index in [1.165, 1.54) is 16.2 Å². The summed E-state index contributed by atoms with van der Waals surface area (Å²) in [5.41, 5.74) is 0.859. The maximum atomic E-state index is 13.2. The molecule has 3 aromatic rings. The minimum Gasteiger partial charge on any atom is -0.495 e. The van der Waals surface area contributed by atoms with Crippen LogP contribution in [0.4, 0.5) is 11.6 Å². The van der Waals surface area contributed by atoms with Crippen molar-refractivity contribution in [3.05, 3.63) is 44.1 Å². The van der Waals surface area contributed by atoms with Gasteiger partial charge in [-0.25, -0.2) is 4.79 Å². The monoisotopic (exact) mass is 433 g/mol. The summed E-state index contributed by atoms with van der Waals surface area (Å²) in [6, 6.07) is 5.53. The highest BCUT2D eigenvalue weighted by atomic mass is 35.5. The van der Waals surface area contributed by atoms with Crippen molar-refractivity contribution in [1.82, 2.24) is 18.7 Å². The van der Waals surface area contributed by atoms with Gasteiger partial charge >= 0.3 is 5.69 Å². The van der Waals surface area contributed by atoms with Gasteiger partial charge in [-0.1, -0.05) is 18.5 Å². The van der Waals surface area contributed by atoms with E-state index in [1.807, 2.05) is 21.6 Å². The average Bonchev–Trinajstić information content (AvgIpc) is 3.11. The molecule has 0 amide bonds. The van der Waals surface area contributed by atoms with Crippen LogP contribution in [-0.4, -0.2) is 46.1 Å². The molecule has 9 nitrogen and oxygen atoms in total. The molecule has 2 aromatic heterocycles. The molecule has 0 spiro atoms. The molecule has 1 aliphatic heterocycles. The Balaban J connectivity index is 1.94. The Bertz CT molecular complexity index is 1230. The van der Waals surface area contributed by atoms with E-state index in [4.69, 9.17) is 26.1 Å². The maximum absolute atomic E-state index is 13.2. The van der Waals surface area contributed by atoms with E-state index in [-0.39, 0.29) is 24.6 Å². The van der Waals surface area contributed by atoms with Gasteiger partial charge in [0.2, 0.25) is 5.95 Å². The Labute approximate surface area is 178 Å². The lowest BCUT2D eigenvalue weighted by Crippen LogP contribution is -2.41. The zero-order valence-corrected chi connectivity index (χ0v) is 18.1. The molecule has 0 saturated carbocycles. The van der Waals surface area contributed by atoms with E-state index in [0.717, 1.165) is 5.69 Å². The SMILES string of the molecule is COCCn1c(=O)c2c(nc3n2C[C@@H](C)CN3c2ccc(OC)c(Cl)c2)n(C)c1=O. The van der Waals surface area contributed by atoms with Crippen LogP contribution in [0.25, 0.3) is 11.2 Å². The highest BCUT2D eigenvalue weighted by Crippen LogP contribution is 2.36. The largest absolute Gasteiger partial charge is 0.495 e. The highest BCUT2D eigenvalue weighted by Gasteiger charge is 2.30. The second-order valence-electron chi connectivity index (χ2n) is 7.52. The second kappa shape index (κ2) is 7.81. The van der Waals surface area contributed by atoms with E-state index in [9.17, 15) is 9.59 Å². The van der Waals surface area contributed by atoms with Gasteiger partial charge in [0.1, 0.15) is 5.75 Å². The summed E-state index contributed by atoms with van der Waals surface area (Å²) in [6.07, 6.45) is 0. The lowest BCUT2D eigenvalue weighted by molar-refractivity contribution is 0.184. The van der Waals surface area contributed by atoms with Crippen LogP contribution in [0.5, 0.6) is 5.75 Å². The molecule has 10 heteroatoms. The van der Waals surface area contributed by atoms with Gasteiger partial charge in [-0.2, -0.15) is 4.98 Å². The number of halogens is 1. The van der Waals surface area contributed by atoms with Crippen molar-refractivity contribution in [1.29, 1.82) is 0 Å². The van der Waals surface area contributed by atoms with Crippen molar-refractivity contribution >= 4 is 34.4 Å². The Kier molecular flexibility index (Phi) is 5.33. The van der Waals surface area contributed by atoms with E-state index < -0.39 is 5.69 Å². The number of aryl methyl sites for hydroxylation is 1. The smallest absolute Gasteiger partial charge is 0.332 e. The molecule has 0 N–H and O–H groups in total. The van der Waals surface area contributed by atoms with E-state index >= 15 is 0 Å². The molecular weight excluding hydrogens is 410 g/mol. The number of hydrogen-bond donors (Lipinski definition) is 0. The number of benzene rings is 1. The average molecular weight is 434 g/mol. The number of imidazole rings is 1. The molecule has 160 valence electrons. The number of fused-ring (bicyclic) bond motifs is 3. The van der Waals surface area contributed by atoms with Gasteiger partial charge < -0.3 is 18.9 Å². The van der Waals surface area contributed by atoms with Gasteiger partial charge in [-0.05, 0) is 24.1 Å². The predicted octanol–water partition coefficient (Wildman–Crippen LogP) is 1.99. The predicted molar refractivity (Wildman–Crippen MR) is 115 cm³/mol. The molecule has 0 bridgehead atoms. The van der Waals surface area contributed by atoms with Crippen molar-refractivity contribution in [3.63, 3.8) is 0 Å². The first-order valence-electron chi connectivity index (χ1n) is 9.67. The summed E-state index contributed by atoms with van der Waals surface area (Å²) in [5, 5.41) is 0.491. The van der Waals surface area contributed by atoms with Crippen LogP contribution in [0, 0.1) is 5.92 Å². The third-order valence-corrected chi connectivity index (χ3v) is 5.70. The summed E-state index contributed by atoms with van der Waals surface area (Å²) in [7, 11) is 4.73. The molecule has 1 aromatic carbocycles. The van der Waals surface area contributed by atoms with Crippen molar-refractivity contribution in [2.24, 2.45) is 13.0 Å². The molecule has 0 unspecified atom stereocenters. The summed E-state index contributed by atoms with van der Waals surface area (Å²) in [5.74, 6) is 1.45. The van der Waals surface area contributed by atoms with Gasteiger partial charge in [0, 0.05) is 32.9 Å². The number of nitrogens with zero attached hydrogens (tertiary/aromatic N) is 5. The molecule has 0 aliphatic carbocycles. The Morgan fingerprint density at radius 3 is 2.67 bits per heavy atom. The topological polar surface area (TPSA) is 83.5 Å². The molecule has 1 atom stereocenters. The highest BCUT2D eigenvalue weighted by molar-refractivity contribution is 6.32. The lowest BCUT2D eigenvalue weighted by Gasteiger charge is -2.33. The third-order valence-electron chi connectivity index (χ3n) is 5.41. The van der Waals surface area contributed by atoms with Gasteiger partial charge in [0.05, 0.1) is 25.3 Å². The van der Waals surface area contributed by atoms with Crippen molar-refractivity contribution in [2.75, 3.05) is 32.3 Å². The van der Waals surface area contributed by atoms with E-state index in [0.29, 0.717) is 41.0 Å². The van der Waals surface area contributed by atoms with Crippen LogP contribution in [0.15, 0.2) is 27.8 Å². The normalized spacial score (nSPS) is 16.2. The summed E-state index contributed by atoms with van der Waals surface area (Å²) >= 11 is 6.34. The minimum absolute atomic E-state index is 0.186. The zero-order chi connectivity index (χ0) is 21.6. The number of hydrogen-bond acceptors (Lipinski definition) is 6. The molecule has 4 rings (SSSR count). The summed E-state index contributed by atoms with van der Waals surface area (Å²) in [6.45, 7) is 3.90.